The van der Waals surface area contributed by atoms with Crippen LogP contribution >= 0.6 is 12.2 Å². The van der Waals surface area contributed by atoms with Crippen molar-refractivity contribution in [1.29, 1.82) is 0 Å². The van der Waals surface area contributed by atoms with Crippen molar-refractivity contribution in [3.8, 4) is 0 Å². The van der Waals surface area contributed by atoms with Crippen LogP contribution in [0, 0.1) is 17.6 Å². The molecule has 0 aliphatic carbocycles. The maximum atomic E-state index is 14.1. The second-order valence-corrected chi connectivity index (χ2v) is 6.22. The molecule has 6 heteroatoms. The van der Waals surface area contributed by atoms with E-state index in [1.807, 2.05) is 0 Å². The average molecular weight is 313 g/mol. The Balaban J connectivity index is 2.12. The fraction of sp³-hybridized carbons (Fsp3) is 0.533. The van der Waals surface area contributed by atoms with Gasteiger partial charge in [0.2, 0.25) is 0 Å². The fourth-order valence-electron chi connectivity index (χ4n) is 2.80. The Morgan fingerprint density at radius 1 is 1.33 bits per heavy atom. The smallest absolute Gasteiger partial charge is 0.150 e. The Labute approximate surface area is 129 Å². The number of anilines is 1. The van der Waals surface area contributed by atoms with E-state index in [9.17, 15) is 8.78 Å². The van der Waals surface area contributed by atoms with E-state index in [-0.39, 0.29) is 16.2 Å². The van der Waals surface area contributed by atoms with Crippen molar-refractivity contribution in [3.63, 3.8) is 0 Å². The van der Waals surface area contributed by atoms with Crippen molar-refractivity contribution < 1.29 is 8.78 Å². The van der Waals surface area contributed by atoms with Crippen LogP contribution in [0.3, 0.4) is 0 Å². The molecule has 1 heterocycles. The van der Waals surface area contributed by atoms with Gasteiger partial charge < -0.3 is 15.5 Å². The van der Waals surface area contributed by atoms with Gasteiger partial charge in [0.25, 0.3) is 0 Å². The molecule has 2 N–H and O–H groups in total. The van der Waals surface area contributed by atoms with Crippen molar-refractivity contribution in [1.82, 2.24) is 4.90 Å². The summed E-state index contributed by atoms with van der Waals surface area (Å²) in [6.45, 7) is 2.71. The number of halogens is 2. The van der Waals surface area contributed by atoms with Crippen molar-refractivity contribution in [2.24, 2.45) is 11.7 Å². The Morgan fingerprint density at radius 2 is 1.86 bits per heavy atom. The second kappa shape index (κ2) is 6.66. The molecule has 3 nitrogen and oxygen atoms in total. The van der Waals surface area contributed by atoms with Gasteiger partial charge in [-0.15, -0.1) is 0 Å². The molecule has 1 aromatic carbocycles. The van der Waals surface area contributed by atoms with E-state index in [2.05, 4.69) is 11.9 Å². The summed E-state index contributed by atoms with van der Waals surface area (Å²) >= 11 is 4.76. The number of likely N-dealkylation sites (tertiary alicyclic amines) is 1. The lowest BCUT2D eigenvalue weighted by Crippen LogP contribution is -2.36. The summed E-state index contributed by atoms with van der Waals surface area (Å²) in [5.74, 6) is -0.776. The average Bonchev–Trinajstić information content (AvgIpc) is 2.40. The Kier molecular flexibility index (Phi) is 5.11. The summed E-state index contributed by atoms with van der Waals surface area (Å²) in [5.41, 5.74) is 5.63. The maximum Gasteiger partial charge on any atom is 0.150 e. The van der Waals surface area contributed by atoms with E-state index in [1.165, 1.54) is 12.1 Å². The molecule has 2 rings (SSSR count). The number of piperidine rings is 1. The normalized spacial score (nSPS) is 17.0. The first-order chi connectivity index (χ1) is 9.88. The van der Waals surface area contributed by atoms with Crippen LogP contribution < -0.4 is 10.6 Å². The summed E-state index contributed by atoms with van der Waals surface area (Å²) in [6.07, 6.45) is 2.10. The molecule has 1 saturated heterocycles. The number of nitrogens with zero attached hydrogens (tertiary/aromatic N) is 2. The Hall–Kier alpha value is -1.27. The Morgan fingerprint density at radius 3 is 2.33 bits per heavy atom. The van der Waals surface area contributed by atoms with Crippen LogP contribution in [0.25, 0.3) is 0 Å². The van der Waals surface area contributed by atoms with Gasteiger partial charge in [-0.05, 0) is 51.0 Å². The number of rotatable bonds is 4. The lowest BCUT2D eigenvalue weighted by molar-refractivity contribution is 0.222. The van der Waals surface area contributed by atoms with E-state index in [0.717, 1.165) is 25.9 Å². The van der Waals surface area contributed by atoms with Crippen LogP contribution in [-0.4, -0.2) is 43.6 Å². The maximum absolute atomic E-state index is 14.1. The van der Waals surface area contributed by atoms with Gasteiger partial charge in [0.1, 0.15) is 22.3 Å². The molecule has 0 spiro atoms. The molecule has 21 heavy (non-hydrogen) atoms. The lowest BCUT2D eigenvalue weighted by Gasteiger charge is -2.32. The predicted octanol–water partition coefficient (Wildman–Crippen LogP) is 2.38. The van der Waals surface area contributed by atoms with Crippen LogP contribution in [0.1, 0.15) is 18.4 Å². The van der Waals surface area contributed by atoms with Crippen molar-refractivity contribution in [3.05, 3.63) is 29.3 Å². The summed E-state index contributed by atoms with van der Waals surface area (Å²) in [7, 11) is 3.81. The first-order valence-electron chi connectivity index (χ1n) is 7.07. The van der Waals surface area contributed by atoms with Crippen molar-refractivity contribution in [2.75, 3.05) is 38.6 Å². The van der Waals surface area contributed by atoms with Gasteiger partial charge in [0, 0.05) is 19.2 Å². The quantitative estimate of drug-likeness (QED) is 0.865. The molecule has 0 atom stereocenters. The van der Waals surface area contributed by atoms with Crippen LogP contribution in [0.4, 0.5) is 14.5 Å². The van der Waals surface area contributed by atoms with Gasteiger partial charge in [0.15, 0.2) is 0 Å². The van der Waals surface area contributed by atoms with Gasteiger partial charge >= 0.3 is 0 Å². The molecule has 0 saturated carbocycles. The molecular weight excluding hydrogens is 292 g/mol. The molecule has 1 fully saturated rings. The molecule has 1 aliphatic heterocycles. The van der Waals surface area contributed by atoms with Gasteiger partial charge in [-0.3, -0.25) is 0 Å². The summed E-state index contributed by atoms with van der Waals surface area (Å²) in [5, 5.41) is 0. The topological polar surface area (TPSA) is 32.5 Å². The molecule has 0 unspecified atom stereocenters. The molecule has 1 aliphatic rings. The van der Waals surface area contributed by atoms with Crippen LogP contribution in [0.2, 0.25) is 0 Å². The van der Waals surface area contributed by atoms with Gasteiger partial charge in [0.05, 0.1) is 0 Å². The number of thiocarbonyl (C=S) groups is 1. The minimum Gasteiger partial charge on any atom is -0.389 e. The largest absolute Gasteiger partial charge is 0.389 e. The van der Waals surface area contributed by atoms with Crippen molar-refractivity contribution in [2.45, 2.75) is 12.8 Å². The highest BCUT2D eigenvalue weighted by atomic mass is 32.1. The standard InChI is InChI=1S/C15H21F2N3S/c1-19-5-3-10(4-6-19)9-20(2)14-12(16)7-11(15(18)21)8-13(14)17/h7-8,10H,3-6,9H2,1-2H3,(H2,18,21). The minimum absolute atomic E-state index is 0.00248. The Bertz CT molecular complexity index is 505. The highest BCUT2D eigenvalue weighted by Gasteiger charge is 2.22. The molecule has 0 aromatic heterocycles. The molecule has 1 aromatic rings. The predicted molar refractivity (Wildman–Crippen MR) is 85.7 cm³/mol. The molecule has 0 amide bonds. The van der Waals surface area contributed by atoms with Crippen LogP contribution in [0.15, 0.2) is 12.1 Å². The fourth-order valence-corrected chi connectivity index (χ4v) is 2.91. The summed E-state index contributed by atoms with van der Waals surface area (Å²) < 4.78 is 28.3. The third-order valence-corrected chi connectivity index (χ3v) is 4.29. The minimum atomic E-state index is -0.617. The van der Waals surface area contributed by atoms with E-state index >= 15 is 0 Å². The van der Waals surface area contributed by atoms with Gasteiger partial charge in [-0.25, -0.2) is 8.78 Å². The van der Waals surface area contributed by atoms with E-state index in [1.54, 1.807) is 11.9 Å². The zero-order chi connectivity index (χ0) is 15.6. The molecule has 0 radical (unpaired) electrons. The van der Waals surface area contributed by atoms with E-state index < -0.39 is 11.6 Å². The van der Waals surface area contributed by atoms with Crippen LogP contribution in [-0.2, 0) is 0 Å². The monoisotopic (exact) mass is 313 g/mol. The first kappa shape index (κ1) is 16.1. The molecule has 116 valence electrons. The van der Waals surface area contributed by atoms with E-state index in [4.69, 9.17) is 18.0 Å². The number of nitrogens with two attached hydrogens (primary N) is 1. The highest BCUT2D eigenvalue weighted by molar-refractivity contribution is 7.80. The lowest BCUT2D eigenvalue weighted by atomic mass is 9.96. The summed E-state index contributed by atoms with van der Waals surface area (Å²) in [6, 6.07) is 2.40. The van der Waals surface area contributed by atoms with E-state index in [0.29, 0.717) is 12.5 Å². The third kappa shape index (κ3) is 3.89. The second-order valence-electron chi connectivity index (χ2n) is 5.78. The first-order valence-corrected chi connectivity index (χ1v) is 7.48. The van der Waals surface area contributed by atoms with Crippen molar-refractivity contribution >= 4 is 22.9 Å². The number of benzene rings is 1. The highest BCUT2D eigenvalue weighted by Crippen LogP contribution is 2.26. The van der Waals surface area contributed by atoms with Gasteiger partial charge in [-0.1, -0.05) is 12.2 Å². The SMILES string of the molecule is CN1CCC(CN(C)c2c(F)cc(C(N)=S)cc2F)CC1. The third-order valence-electron chi connectivity index (χ3n) is 4.05. The molecular formula is C15H21F2N3S. The zero-order valence-corrected chi connectivity index (χ0v) is 13.2. The summed E-state index contributed by atoms with van der Waals surface area (Å²) in [4.78, 5) is 3.93. The molecule has 0 bridgehead atoms. The number of hydrogen-bond acceptors (Lipinski definition) is 3. The number of hydrogen-bond donors (Lipinski definition) is 1. The van der Waals surface area contributed by atoms with Gasteiger partial charge in [-0.2, -0.15) is 0 Å². The zero-order valence-electron chi connectivity index (χ0n) is 12.4. The van der Waals surface area contributed by atoms with Crippen LogP contribution in [0.5, 0.6) is 0 Å².